The molecule has 0 aromatic heterocycles. The molecule has 2 atom stereocenters. The summed E-state index contributed by atoms with van der Waals surface area (Å²) in [6, 6.07) is 8.36. The van der Waals surface area contributed by atoms with Crippen molar-refractivity contribution >= 4 is 11.8 Å². The van der Waals surface area contributed by atoms with Crippen LogP contribution in [0.25, 0.3) is 0 Å². The highest BCUT2D eigenvalue weighted by atomic mass is 32.2. The van der Waals surface area contributed by atoms with Crippen LogP contribution in [0.2, 0.25) is 0 Å². The molecule has 2 unspecified atom stereocenters. The van der Waals surface area contributed by atoms with Crippen molar-refractivity contribution in [2.75, 3.05) is 6.26 Å². The average molecular weight is 254 g/mol. The Labute approximate surface area is 108 Å². The first-order chi connectivity index (χ1) is 8.17. The Kier molecular flexibility index (Phi) is 6.63. The fraction of sp³-hybridized carbons (Fsp3) is 0.571. The van der Waals surface area contributed by atoms with Gasteiger partial charge in [-0.25, -0.2) is 0 Å². The van der Waals surface area contributed by atoms with Crippen LogP contribution in [0.3, 0.4) is 0 Å². The number of aliphatic hydroxyl groups is 2. The Bertz CT molecular complexity index is 311. The van der Waals surface area contributed by atoms with E-state index >= 15 is 0 Å². The minimum absolute atomic E-state index is 0.578. The lowest BCUT2D eigenvalue weighted by Gasteiger charge is -2.16. The fourth-order valence-corrected chi connectivity index (χ4v) is 2.20. The maximum Gasteiger partial charge on any atom is 0.0802 e. The number of aryl methyl sites for hydroxylation is 1. The maximum atomic E-state index is 9.76. The van der Waals surface area contributed by atoms with Crippen molar-refractivity contribution in [3.05, 3.63) is 29.8 Å². The lowest BCUT2D eigenvalue weighted by molar-refractivity contribution is 0.00981. The van der Waals surface area contributed by atoms with Crippen LogP contribution in [0.1, 0.15) is 31.7 Å². The zero-order valence-electron chi connectivity index (χ0n) is 10.6. The molecule has 0 fully saturated rings. The van der Waals surface area contributed by atoms with E-state index < -0.39 is 12.2 Å². The van der Waals surface area contributed by atoms with E-state index in [0.717, 1.165) is 12.8 Å². The van der Waals surface area contributed by atoms with Crippen molar-refractivity contribution in [2.45, 2.75) is 49.7 Å². The molecule has 3 heteroatoms. The molecule has 96 valence electrons. The number of aliphatic hydroxyl groups excluding tert-OH is 2. The maximum absolute atomic E-state index is 9.76. The second-order valence-electron chi connectivity index (χ2n) is 4.31. The van der Waals surface area contributed by atoms with Crippen LogP contribution in [0, 0.1) is 0 Å². The van der Waals surface area contributed by atoms with Crippen LogP contribution in [0.4, 0.5) is 0 Å². The summed E-state index contributed by atoms with van der Waals surface area (Å²) in [5.74, 6) is 0. The van der Waals surface area contributed by atoms with Gasteiger partial charge in [0.1, 0.15) is 0 Å². The predicted octanol–water partition coefficient (Wildman–Crippen LogP) is 2.86. The number of rotatable bonds is 7. The van der Waals surface area contributed by atoms with Crippen LogP contribution in [-0.4, -0.2) is 28.7 Å². The second kappa shape index (κ2) is 7.75. The van der Waals surface area contributed by atoms with Gasteiger partial charge in [0.05, 0.1) is 12.2 Å². The molecule has 2 nitrogen and oxygen atoms in total. The monoisotopic (exact) mass is 254 g/mol. The first-order valence-corrected chi connectivity index (χ1v) is 7.39. The summed E-state index contributed by atoms with van der Waals surface area (Å²) in [4.78, 5) is 1.25. The predicted molar refractivity (Wildman–Crippen MR) is 73.5 cm³/mol. The third-order valence-electron chi connectivity index (χ3n) is 2.92. The Morgan fingerprint density at radius 1 is 1.06 bits per heavy atom. The molecule has 0 amide bonds. The van der Waals surface area contributed by atoms with Gasteiger partial charge in [-0.15, -0.1) is 11.8 Å². The molecule has 2 N–H and O–H groups in total. The summed E-state index contributed by atoms with van der Waals surface area (Å²) < 4.78 is 0. The molecule has 0 aliphatic carbocycles. The van der Waals surface area contributed by atoms with E-state index in [9.17, 15) is 10.2 Å². The van der Waals surface area contributed by atoms with Crippen molar-refractivity contribution in [1.29, 1.82) is 0 Å². The van der Waals surface area contributed by atoms with Gasteiger partial charge in [0.15, 0.2) is 0 Å². The average Bonchev–Trinajstić information content (AvgIpc) is 2.36. The Morgan fingerprint density at radius 2 is 1.65 bits per heavy atom. The SMILES string of the molecule is CCCC(O)C(O)CCc1ccc(SC)cc1. The van der Waals surface area contributed by atoms with E-state index in [-0.39, 0.29) is 0 Å². The Balaban J connectivity index is 2.38. The second-order valence-corrected chi connectivity index (χ2v) is 5.19. The summed E-state index contributed by atoms with van der Waals surface area (Å²) in [6.45, 7) is 2.01. The highest BCUT2D eigenvalue weighted by Crippen LogP contribution is 2.16. The summed E-state index contributed by atoms with van der Waals surface area (Å²) in [5.41, 5.74) is 1.21. The normalized spacial score (nSPS) is 14.6. The van der Waals surface area contributed by atoms with Gasteiger partial charge in [0.2, 0.25) is 0 Å². The van der Waals surface area contributed by atoms with Gasteiger partial charge >= 0.3 is 0 Å². The lowest BCUT2D eigenvalue weighted by Crippen LogP contribution is -2.26. The van der Waals surface area contributed by atoms with Gasteiger partial charge in [0, 0.05) is 4.90 Å². The number of benzene rings is 1. The van der Waals surface area contributed by atoms with Gasteiger partial charge in [-0.1, -0.05) is 25.5 Å². The molecule has 0 spiro atoms. The summed E-state index contributed by atoms with van der Waals surface area (Å²) in [6.07, 6.45) is 3.89. The van der Waals surface area contributed by atoms with E-state index in [0.29, 0.717) is 12.8 Å². The minimum atomic E-state index is -0.602. The van der Waals surface area contributed by atoms with Crippen molar-refractivity contribution in [1.82, 2.24) is 0 Å². The fourth-order valence-electron chi connectivity index (χ4n) is 1.79. The molecular weight excluding hydrogens is 232 g/mol. The molecule has 0 saturated heterocycles. The molecule has 1 aromatic rings. The zero-order valence-corrected chi connectivity index (χ0v) is 11.4. The van der Waals surface area contributed by atoms with Gasteiger partial charge in [0.25, 0.3) is 0 Å². The third-order valence-corrected chi connectivity index (χ3v) is 3.66. The van der Waals surface area contributed by atoms with Crippen molar-refractivity contribution in [3.8, 4) is 0 Å². The van der Waals surface area contributed by atoms with Crippen molar-refractivity contribution in [2.24, 2.45) is 0 Å². The standard InChI is InChI=1S/C14H22O2S/c1-3-4-13(15)14(16)10-7-11-5-8-12(17-2)9-6-11/h5-6,8-9,13-16H,3-4,7,10H2,1-2H3. The quantitative estimate of drug-likeness (QED) is 0.735. The van der Waals surface area contributed by atoms with Gasteiger partial charge in [-0.2, -0.15) is 0 Å². The molecule has 0 aliphatic rings. The first kappa shape index (κ1) is 14.6. The highest BCUT2D eigenvalue weighted by Gasteiger charge is 2.14. The summed E-state index contributed by atoms with van der Waals surface area (Å²) in [7, 11) is 0. The molecular formula is C14H22O2S. The van der Waals surface area contributed by atoms with Crippen LogP contribution in [0.15, 0.2) is 29.2 Å². The van der Waals surface area contributed by atoms with Gasteiger partial charge < -0.3 is 10.2 Å². The van der Waals surface area contributed by atoms with Gasteiger partial charge in [-0.3, -0.25) is 0 Å². The third kappa shape index (κ3) is 5.11. The number of hydrogen-bond acceptors (Lipinski definition) is 3. The first-order valence-electron chi connectivity index (χ1n) is 6.16. The topological polar surface area (TPSA) is 40.5 Å². The van der Waals surface area contributed by atoms with Crippen LogP contribution >= 0.6 is 11.8 Å². The molecule has 0 saturated carbocycles. The molecule has 17 heavy (non-hydrogen) atoms. The largest absolute Gasteiger partial charge is 0.390 e. The molecule has 0 bridgehead atoms. The van der Waals surface area contributed by atoms with Crippen LogP contribution in [-0.2, 0) is 6.42 Å². The number of thioether (sulfide) groups is 1. The lowest BCUT2D eigenvalue weighted by atomic mass is 10.0. The van der Waals surface area contributed by atoms with E-state index in [1.165, 1.54) is 10.5 Å². The van der Waals surface area contributed by atoms with Crippen molar-refractivity contribution in [3.63, 3.8) is 0 Å². The van der Waals surface area contributed by atoms with Crippen LogP contribution < -0.4 is 0 Å². The van der Waals surface area contributed by atoms with Crippen molar-refractivity contribution < 1.29 is 10.2 Å². The van der Waals surface area contributed by atoms with Gasteiger partial charge in [-0.05, 0) is 43.2 Å². The Morgan fingerprint density at radius 3 is 2.18 bits per heavy atom. The smallest absolute Gasteiger partial charge is 0.0802 e. The van der Waals surface area contributed by atoms with E-state index in [1.54, 1.807) is 11.8 Å². The highest BCUT2D eigenvalue weighted by molar-refractivity contribution is 7.98. The van der Waals surface area contributed by atoms with E-state index in [2.05, 4.69) is 30.5 Å². The molecule has 0 aliphatic heterocycles. The van der Waals surface area contributed by atoms with Crippen LogP contribution in [0.5, 0.6) is 0 Å². The molecule has 1 aromatic carbocycles. The molecule has 1 rings (SSSR count). The van der Waals surface area contributed by atoms with E-state index in [4.69, 9.17) is 0 Å². The van der Waals surface area contributed by atoms with E-state index in [1.807, 2.05) is 6.92 Å². The molecule has 0 radical (unpaired) electrons. The number of hydrogen-bond donors (Lipinski definition) is 2. The molecule has 0 heterocycles. The Hall–Kier alpha value is -0.510. The summed E-state index contributed by atoms with van der Waals surface area (Å²) in [5, 5.41) is 19.4. The zero-order chi connectivity index (χ0) is 12.7. The summed E-state index contributed by atoms with van der Waals surface area (Å²) >= 11 is 1.72. The minimum Gasteiger partial charge on any atom is -0.390 e.